The van der Waals surface area contributed by atoms with E-state index in [2.05, 4.69) is 40.5 Å². The van der Waals surface area contributed by atoms with Gasteiger partial charge in [-0.1, -0.05) is 23.2 Å². The van der Waals surface area contributed by atoms with Gasteiger partial charge in [0.1, 0.15) is 32.9 Å². The van der Waals surface area contributed by atoms with Gasteiger partial charge >= 0.3 is 18.3 Å². The summed E-state index contributed by atoms with van der Waals surface area (Å²) in [5, 5.41) is 7.38. The molecule has 0 spiro atoms. The van der Waals surface area contributed by atoms with Gasteiger partial charge in [0.05, 0.1) is 17.1 Å². The average Bonchev–Trinajstić information content (AvgIpc) is 2.97. The van der Waals surface area contributed by atoms with Crippen LogP contribution in [-0.4, -0.2) is 155 Å². The van der Waals surface area contributed by atoms with Crippen LogP contribution in [0.15, 0.2) is 18.2 Å². The van der Waals surface area contributed by atoms with Crippen molar-refractivity contribution < 1.29 is 54.9 Å². The molecule has 0 atom stereocenters. The van der Waals surface area contributed by atoms with E-state index in [-0.39, 0.29) is 116 Å². The highest BCUT2D eigenvalue weighted by Crippen LogP contribution is 2.38. The molecule has 4 N–H and O–H groups in total. The van der Waals surface area contributed by atoms with Crippen molar-refractivity contribution in [2.45, 2.75) is 248 Å². The molecule has 3 aliphatic carbocycles. The molecule has 29 heteroatoms. The predicted molar refractivity (Wildman–Crippen MR) is 336 cm³/mol. The van der Waals surface area contributed by atoms with Crippen LogP contribution in [0.5, 0.6) is 0 Å². The number of anilines is 2. The second-order valence-electron chi connectivity index (χ2n) is 26.7. The third-order valence-corrected chi connectivity index (χ3v) is 16.4. The Morgan fingerprint density at radius 1 is 0.461 bits per heavy atom. The first-order valence-corrected chi connectivity index (χ1v) is 32.0. The number of nitrogens with one attached hydrogen (secondary N) is 2. The standard InChI is InChI=1S/2C20H29ClF2N4O2.C14H19Cl2N3O2.C6H11F2N.ClH/c1-19(2,3)29-18(28)27-10-6-13(7-11-27)15-12-16(26-17(21)25-15)24-14-4-8-20(22,23)9-5-14;1-19(2,3)29-18(28)27-10-6-13(7-11-27)15-12-16(21)26-17(25-15)24-14-4-8-20(22,23)9-5-14;1-14(2,3)21-13(20)19-6-4-9(5-7-19)10-8-11(15)18-12(16)17-10;7-6(8)3-1-5(9)2-4-6;/h2*12-14H,4-11H2,1-3H3,(H,24,25,26);8-9H,4-7H2,1-3H3;5H,1-4,9H2;1H. The van der Waals surface area contributed by atoms with E-state index in [9.17, 15) is 40.7 Å². The second kappa shape index (κ2) is 32.5. The fourth-order valence-corrected chi connectivity index (χ4v) is 11.7. The summed E-state index contributed by atoms with van der Waals surface area (Å²) in [6.45, 7) is 20.3. The van der Waals surface area contributed by atoms with Gasteiger partial charge in [-0.2, -0.15) is 0 Å². The maximum Gasteiger partial charge on any atom is 0.410 e. The minimum Gasteiger partial charge on any atom is -0.444 e. The van der Waals surface area contributed by atoms with E-state index in [1.165, 1.54) is 0 Å². The Balaban J connectivity index is 0.000000228. The molecule has 6 heterocycles. The molecule has 9 rings (SSSR count). The SMILES string of the molecule is CC(C)(C)OC(=O)N1CCC(c2cc(Cl)nc(Cl)n2)CC1.CC(C)(C)OC(=O)N1CCC(c2cc(Cl)nc(NC3CCC(F)(F)CC3)n2)CC1.CC(C)(C)OC(=O)N1CCC(c2cc(NC3CCC(F)(F)CC3)nc(Cl)n2)CC1.Cl.NC1CCC(F)(F)CC1. The molecule has 0 unspecified atom stereocenters. The molecule has 3 aromatic heterocycles. The molecule has 0 radical (unpaired) electrons. The summed E-state index contributed by atoms with van der Waals surface area (Å²) in [7, 11) is 0. The van der Waals surface area contributed by atoms with Crippen molar-refractivity contribution in [3.8, 4) is 0 Å². The van der Waals surface area contributed by atoms with Gasteiger partial charge in [0.15, 0.2) is 0 Å². The van der Waals surface area contributed by atoms with Gasteiger partial charge in [-0.15, -0.1) is 12.4 Å². The van der Waals surface area contributed by atoms with Crippen LogP contribution in [0, 0.1) is 0 Å². The lowest BCUT2D eigenvalue weighted by atomic mass is 9.92. The molecule has 6 fully saturated rings. The molecule has 3 saturated carbocycles. The lowest BCUT2D eigenvalue weighted by Gasteiger charge is -2.33. The van der Waals surface area contributed by atoms with Crippen LogP contribution in [0.2, 0.25) is 20.9 Å². The van der Waals surface area contributed by atoms with Crippen molar-refractivity contribution in [2.24, 2.45) is 5.73 Å². The van der Waals surface area contributed by atoms with Crippen LogP contribution in [-0.2, 0) is 14.2 Å². The number of carbonyl (C=O) groups is 3. The molecular weight excluding hydrogens is 1280 g/mol. The smallest absolute Gasteiger partial charge is 0.410 e. The molecule has 3 aromatic rings. The number of hydrogen-bond acceptors (Lipinski definition) is 15. The number of rotatable bonds is 7. The van der Waals surface area contributed by atoms with E-state index in [4.69, 9.17) is 66.3 Å². The largest absolute Gasteiger partial charge is 0.444 e. The minimum atomic E-state index is -2.57. The van der Waals surface area contributed by atoms with Gasteiger partial charge in [-0.05, 0) is 175 Å². The zero-order valence-corrected chi connectivity index (χ0v) is 56.2. The number of amides is 3. The van der Waals surface area contributed by atoms with Gasteiger partial charge in [-0.3, -0.25) is 0 Å². The normalized spacial score (nSPS) is 20.6. The molecular formula is C60H89Cl5F6N12O6. The van der Waals surface area contributed by atoms with E-state index < -0.39 is 34.6 Å². The van der Waals surface area contributed by atoms with Crippen LogP contribution < -0.4 is 16.4 Å². The predicted octanol–water partition coefficient (Wildman–Crippen LogP) is 16.3. The molecule has 3 aliphatic heterocycles. The van der Waals surface area contributed by atoms with Crippen LogP contribution in [0.4, 0.5) is 52.5 Å². The summed E-state index contributed by atoms with van der Waals surface area (Å²) >= 11 is 24.0. The first kappa shape index (κ1) is 75.4. The van der Waals surface area contributed by atoms with Crippen LogP contribution in [0.3, 0.4) is 0 Å². The fraction of sp³-hybridized carbons (Fsp3) is 0.750. The number of nitrogens with zero attached hydrogens (tertiary/aromatic N) is 9. The number of likely N-dealkylation sites (tertiary alicyclic amines) is 3. The van der Waals surface area contributed by atoms with Crippen molar-refractivity contribution in [1.29, 1.82) is 0 Å². The zero-order chi connectivity index (χ0) is 65.0. The summed E-state index contributed by atoms with van der Waals surface area (Å²) in [6.07, 6.45) is 5.78. The number of carbonyl (C=O) groups excluding carboxylic acids is 3. The Bertz CT molecular complexity index is 2610. The van der Waals surface area contributed by atoms with E-state index in [1.54, 1.807) is 26.8 Å². The Labute approximate surface area is 545 Å². The Morgan fingerprint density at radius 2 is 0.764 bits per heavy atom. The molecule has 0 aromatic carbocycles. The lowest BCUT2D eigenvalue weighted by molar-refractivity contribution is -0.0378. The van der Waals surface area contributed by atoms with Crippen molar-refractivity contribution in [3.63, 3.8) is 0 Å². The lowest BCUT2D eigenvalue weighted by Crippen LogP contribution is -2.41. The van der Waals surface area contributed by atoms with Gasteiger partial charge in [0.2, 0.25) is 34.3 Å². The van der Waals surface area contributed by atoms with Crippen molar-refractivity contribution in [3.05, 3.63) is 56.2 Å². The maximum atomic E-state index is 13.4. The fourth-order valence-electron chi connectivity index (χ4n) is 10.9. The maximum absolute atomic E-state index is 13.4. The molecule has 89 heavy (non-hydrogen) atoms. The summed E-state index contributed by atoms with van der Waals surface area (Å²) in [5.41, 5.74) is 6.39. The molecule has 3 saturated heterocycles. The monoisotopic (exact) mass is 1360 g/mol. The number of aromatic nitrogens is 6. The van der Waals surface area contributed by atoms with E-state index in [1.807, 2.05) is 68.4 Å². The molecule has 18 nitrogen and oxygen atoms in total. The number of nitrogens with two attached hydrogens (primary N) is 1. The van der Waals surface area contributed by atoms with Crippen LogP contribution >= 0.6 is 58.8 Å². The van der Waals surface area contributed by atoms with E-state index in [0.29, 0.717) is 99.9 Å². The Hall–Kier alpha value is -4.36. The topological polar surface area (TPSA) is 216 Å². The van der Waals surface area contributed by atoms with Crippen molar-refractivity contribution >= 4 is 88.9 Å². The third kappa shape index (κ3) is 26.6. The number of halogens is 11. The highest BCUT2D eigenvalue weighted by molar-refractivity contribution is 6.31. The van der Waals surface area contributed by atoms with Crippen LogP contribution in [0.1, 0.15) is 213 Å². The highest BCUT2D eigenvalue weighted by Gasteiger charge is 2.38. The van der Waals surface area contributed by atoms with Crippen molar-refractivity contribution in [1.82, 2.24) is 44.6 Å². The van der Waals surface area contributed by atoms with Gasteiger partial charge in [0, 0.05) is 120 Å². The third-order valence-electron chi connectivity index (χ3n) is 15.7. The number of hydrogen-bond donors (Lipinski definition) is 3. The number of alkyl halides is 6. The highest BCUT2D eigenvalue weighted by atomic mass is 35.5. The van der Waals surface area contributed by atoms with Crippen molar-refractivity contribution in [2.75, 3.05) is 49.9 Å². The molecule has 502 valence electrons. The molecule has 3 amide bonds. The minimum absolute atomic E-state index is 0. The van der Waals surface area contributed by atoms with E-state index >= 15 is 0 Å². The van der Waals surface area contributed by atoms with Gasteiger partial charge in [0.25, 0.3) is 0 Å². The zero-order valence-electron chi connectivity index (χ0n) is 52.4. The second-order valence-corrected chi connectivity index (χ2v) is 28.2. The number of piperidine rings is 3. The van der Waals surface area contributed by atoms with Gasteiger partial charge < -0.3 is 45.3 Å². The molecule has 0 bridgehead atoms. The summed E-state index contributed by atoms with van der Waals surface area (Å²) in [4.78, 5) is 67.1. The quantitative estimate of drug-likeness (QED) is 0.0868. The summed E-state index contributed by atoms with van der Waals surface area (Å²) < 4.78 is 94.3. The van der Waals surface area contributed by atoms with E-state index in [0.717, 1.165) is 55.6 Å². The summed E-state index contributed by atoms with van der Waals surface area (Å²) in [6, 6.07) is 5.24. The van der Waals surface area contributed by atoms with Gasteiger partial charge in [-0.25, -0.2) is 70.6 Å². The number of ether oxygens (including phenoxy) is 3. The Kier molecular flexibility index (Phi) is 27.5. The van der Waals surface area contributed by atoms with Crippen LogP contribution in [0.25, 0.3) is 0 Å². The Morgan fingerprint density at radius 3 is 1.10 bits per heavy atom. The summed E-state index contributed by atoms with van der Waals surface area (Å²) in [5.74, 6) is -6.04. The average molecular weight is 1370 g/mol. The molecule has 6 aliphatic rings. The first-order valence-electron chi connectivity index (χ1n) is 30.5. The first-order chi connectivity index (χ1) is 40.9.